The molecule has 0 aliphatic heterocycles. The third kappa shape index (κ3) is 2.89. The summed E-state index contributed by atoms with van der Waals surface area (Å²) >= 11 is 5.75. The van der Waals surface area contributed by atoms with Crippen LogP contribution >= 0.6 is 11.6 Å². The van der Waals surface area contributed by atoms with Crippen LogP contribution in [0, 0.1) is 11.3 Å². The third-order valence-electron chi connectivity index (χ3n) is 1.54. The van der Waals surface area contributed by atoms with Crippen molar-refractivity contribution in [1.82, 2.24) is 0 Å². The smallest absolute Gasteiger partial charge is 0.134 e. The van der Waals surface area contributed by atoms with Crippen molar-refractivity contribution < 1.29 is 4.79 Å². The van der Waals surface area contributed by atoms with E-state index in [0.29, 0.717) is 17.0 Å². The fraction of sp³-hybridized carbons (Fsp3) is 0.200. The molecule has 0 atom stereocenters. The number of carbonyl (C=O) groups is 1. The molecule has 1 aromatic carbocycles. The molecular formula is C10H8ClNO. The van der Waals surface area contributed by atoms with Gasteiger partial charge in [-0.2, -0.15) is 5.26 Å². The van der Waals surface area contributed by atoms with Crippen molar-refractivity contribution in [3.63, 3.8) is 0 Å². The minimum absolute atomic E-state index is 0.0613. The molecule has 0 radical (unpaired) electrons. The maximum atomic E-state index is 10.8. The van der Waals surface area contributed by atoms with Crippen molar-refractivity contribution in [1.29, 1.82) is 5.26 Å². The van der Waals surface area contributed by atoms with Crippen LogP contribution in [0.2, 0.25) is 5.02 Å². The molecule has 0 heterocycles. The Kier molecular flexibility index (Phi) is 3.05. The van der Waals surface area contributed by atoms with E-state index < -0.39 is 0 Å². The van der Waals surface area contributed by atoms with Crippen LogP contribution in [0.3, 0.4) is 0 Å². The summed E-state index contributed by atoms with van der Waals surface area (Å²) in [5.41, 5.74) is 1.28. The van der Waals surface area contributed by atoms with Gasteiger partial charge in [-0.1, -0.05) is 11.6 Å². The molecule has 0 bridgehead atoms. The van der Waals surface area contributed by atoms with Crippen molar-refractivity contribution in [2.75, 3.05) is 0 Å². The largest absolute Gasteiger partial charge is 0.300 e. The molecule has 0 spiro atoms. The van der Waals surface area contributed by atoms with Crippen molar-refractivity contribution in [3.8, 4) is 6.07 Å². The van der Waals surface area contributed by atoms with Crippen LogP contribution in [0.1, 0.15) is 18.1 Å². The summed E-state index contributed by atoms with van der Waals surface area (Å²) in [7, 11) is 0. The van der Waals surface area contributed by atoms with Gasteiger partial charge in [0.05, 0.1) is 11.6 Å². The number of hydrogen-bond acceptors (Lipinski definition) is 2. The molecule has 0 amide bonds. The van der Waals surface area contributed by atoms with E-state index in [4.69, 9.17) is 16.9 Å². The Bertz CT molecular complexity index is 379. The molecule has 66 valence electrons. The molecule has 0 saturated heterocycles. The molecule has 0 fully saturated rings. The van der Waals surface area contributed by atoms with Gasteiger partial charge in [0.2, 0.25) is 0 Å². The quantitative estimate of drug-likeness (QED) is 0.724. The predicted octanol–water partition coefficient (Wildman–Crippen LogP) is 2.34. The van der Waals surface area contributed by atoms with E-state index in [1.54, 1.807) is 18.2 Å². The topological polar surface area (TPSA) is 40.9 Å². The first-order valence-electron chi connectivity index (χ1n) is 3.81. The molecule has 0 aliphatic carbocycles. The van der Waals surface area contributed by atoms with E-state index >= 15 is 0 Å². The van der Waals surface area contributed by atoms with Gasteiger partial charge in [0, 0.05) is 11.4 Å². The zero-order chi connectivity index (χ0) is 9.84. The van der Waals surface area contributed by atoms with Crippen molar-refractivity contribution in [3.05, 3.63) is 34.3 Å². The summed E-state index contributed by atoms with van der Waals surface area (Å²) < 4.78 is 0. The molecule has 0 saturated carbocycles. The lowest BCUT2D eigenvalue weighted by Crippen LogP contribution is -1.96. The number of rotatable bonds is 2. The molecule has 13 heavy (non-hydrogen) atoms. The highest BCUT2D eigenvalue weighted by Crippen LogP contribution is 2.15. The Morgan fingerprint density at radius 3 is 2.77 bits per heavy atom. The summed E-state index contributed by atoms with van der Waals surface area (Å²) in [6.07, 6.45) is 0.329. The molecule has 0 unspecified atom stereocenters. The third-order valence-corrected chi connectivity index (χ3v) is 1.76. The van der Waals surface area contributed by atoms with Gasteiger partial charge in [-0.25, -0.2) is 0 Å². The second-order valence-electron chi connectivity index (χ2n) is 2.84. The van der Waals surface area contributed by atoms with Crippen molar-refractivity contribution >= 4 is 17.4 Å². The van der Waals surface area contributed by atoms with E-state index in [1.165, 1.54) is 6.92 Å². The van der Waals surface area contributed by atoms with E-state index in [1.807, 2.05) is 6.07 Å². The molecule has 1 rings (SSSR count). The minimum atomic E-state index is 0.0613. The monoisotopic (exact) mass is 193 g/mol. The maximum Gasteiger partial charge on any atom is 0.134 e. The highest BCUT2D eigenvalue weighted by atomic mass is 35.5. The highest BCUT2D eigenvalue weighted by Gasteiger charge is 2.01. The fourth-order valence-corrected chi connectivity index (χ4v) is 1.36. The standard InChI is InChI=1S/C10H8ClNO/c1-7(13)2-8-3-9(6-12)5-10(11)4-8/h3-5H,2H2,1H3. The van der Waals surface area contributed by atoms with Crippen molar-refractivity contribution in [2.45, 2.75) is 13.3 Å². The number of hydrogen-bond donors (Lipinski definition) is 0. The molecule has 3 heteroatoms. The molecule has 2 nitrogen and oxygen atoms in total. The normalized spacial score (nSPS) is 9.31. The van der Waals surface area contributed by atoms with Crippen LogP contribution in [0.5, 0.6) is 0 Å². The van der Waals surface area contributed by atoms with E-state index in [9.17, 15) is 4.79 Å². The zero-order valence-corrected chi connectivity index (χ0v) is 7.93. The summed E-state index contributed by atoms with van der Waals surface area (Å²) in [6.45, 7) is 1.51. The number of nitriles is 1. The van der Waals surface area contributed by atoms with Crippen molar-refractivity contribution in [2.24, 2.45) is 0 Å². The van der Waals surface area contributed by atoms with Gasteiger partial charge < -0.3 is 0 Å². The van der Waals surface area contributed by atoms with Crippen LogP contribution in [0.4, 0.5) is 0 Å². The Balaban J connectivity index is 3.03. The average molecular weight is 194 g/mol. The zero-order valence-electron chi connectivity index (χ0n) is 7.17. The maximum absolute atomic E-state index is 10.8. The van der Waals surface area contributed by atoms with Crippen LogP contribution in [-0.2, 0) is 11.2 Å². The first kappa shape index (κ1) is 9.76. The molecule has 0 aliphatic rings. The Hall–Kier alpha value is -1.33. The lowest BCUT2D eigenvalue weighted by Gasteiger charge is -1.99. The summed E-state index contributed by atoms with van der Waals surface area (Å²) in [4.78, 5) is 10.8. The molecule has 0 aromatic heterocycles. The number of nitrogens with zero attached hydrogens (tertiary/aromatic N) is 1. The second-order valence-corrected chi connectivity index (χ2v) is 3.28. The predicted molar refractivity (Wildman–Crippen MR) is 50.6 cm³/mol. The number of halogens is 1. The lowest BCUT2D eigenvalue weighted by molar-refractivity contribution is -0.116. The van der Waals surface area contributed by atoms with Crippen LogP contribution in [0.15, 0.2) is 18.2 Å². The van der Waals surface area contributed by atoms with Gasteiger partial charge in [0.25, 0.3) is 0 Å². The fourth-order valence-electron chi connectivity index (χ4n) is 1.10. The number of ketones is 1. The SMILES string of the molecule is CC(=O)Cc1cc(Cl)cc(C#N)c1. The van der Waals surface area contributed by atoms with E-state index in [2.05, 4.69) is 0 Å². The van der Waals surface area contributed by atoms with E-state index in [0.717, 1.165) is 5.56 Å². The number of Topliss-reactive ketones (excluding diaryl/α,β-unsaturated/α-hetero) is 1. The molecule has 1 aromatic rings. The van der Waals surface area contributed by atoms with Gasteiger partial charge >= 0.3 is 0 Å². The van der Waals surface area contributed by atoms with Gasteiger partial charge in [0.15, 0.2) is 0 Å². The molecule has 0 N–H and O–H groups in total. The van der Waals surface area contributed by atoms with Gasteiger partial charge in [-0.15, -0.1) is 0 Å². The summed E-state index contributed by atoms with van der Waals surface area (Å²) in [6, 6.07) is 6.93. The van der Waals surface area contributed by atoms with Crippen LogP contribution < -0.4 is 0 Å². The van der Waals surface area contributed by atoms with Crippen LogP contribution in [0.25, 0.3) is 0 Å². The summed E-state index contributed by atoms with van der Waals surface area (Å²) in [5, 5.41) is 9.12. The first-order chi connectivity index (χ1) is 6.11. The van der Waals surface area contributed by atoms with Crippen LogP contribution in [-0.4, -0.2) is 5.78 Å². The number of benzene rings is 1. The lowest BCUT2D eigenvalue weighted by atomic mass is 10.1. The first-order valence-corrected chi connectivity index (χ1v) is 4.18. The van der Waals surface area contributed by atoms with E-state index in [-0.39, 0.29) is 5.78 Å². The highest BCUT2D eigenvalue weighted by molar-refractivity contribution is 6.30. The van der Waals surface area contributed by atoms with Gasteiger partial charge in [0.1, 0.15) is 5.78 Å². The Morgan fingerprint density at radius 2 is 2.23 bits per heavy atom. The van der Waals surface area contributed by atoms with Gasteiger partial charge in [-0.3, -0.25) is 4.79 Å². The molecular weight excluding hydrogens is 186 g/mol. The Labute approximate surface area is 81.7 Å². The second kappa shape index (κ2) is 4.06. The number of carbonyl (C=O) groups excluding carboxylic acids is 1. The average Bonchev–Trinajstić information content (AvgIpc) is 2.01. The summed E-state index contributed by atoms with van der Waals surface area (Å²) in [5.74, 6) is 0.0613. The Morgan fingerprint density at radius 1 is 1.54 bits per heavy atom. The minimum Gasteiger partial charge on any atom is -0.300 e. The van der Waals surface area contributed by atoms with Gasteiger partial charge in [-0.05, 0) is 30.7 Å².